The van der Waals surface area contributed by atoms with E-state index in [4.69, 9.17) is 14.5 Å². The number of benzene rings is 2. The van der Waals surface area contributed by atoms with Crippen molar-refractivity contribution in [1.82, 2.24) is 9.38 Å². The van der Waals surface area contributed by atoms with Gasteiger partial charge in [0.25, 0.3) is 0 Å². The van der Waals surface area contributed by atoms with Gasteiger partial charge in [-0.1, -0.05) is 29.8 Å². The minimum atomic E-state index is 0.523. The van der Waals surface area contributed by atoms with E-state index in [-0.39, 0.29) is 0 Å². The van der Waals surface area contributed by atoms with E-state index in [9.17, 15) is 4.79 Å². The Morgan fingerprint density at radius 3 is 2.52 bits per heavy atom. The SMILES string of the molecule is COc1ccc(OC)c(-c2csc3nc(-c4ccc(C)cc4)c(C=O)n23)c1. The lowest BCUT2D eigenvalue weighted by Crippen LogP contribution is -1.96. The Kier molecular flexibility index (Phi) is 4.41. The molecule has 2 heterocycles. The molecule has 27 heavy (non-hydrogen) atoms. The predicted octanol–water partition coefficient (Wildman–Crippen LogP) is 4.87. The van der Waals surface area contributed by atoms with Crippen LogP contribution in [0.1, 0.15) is 16.1 Å². The zero-order valence-electron chi connectivity index (χ0n) is 15.2. The average molecular weight is 378 g/mol. The Labute approximate surface area is 160 Å². The summed E-state index contributed by atoms with van der Waals surface area (Å²) in [5.41, 5.74) is 4.98. The number of ether oxygens (including phenoxy) is 2. The first-order valence-corrected chi connectivity index (χ1v) is 9.28. The number of rotatable bonds is 5. The van der Waals surface area contributed by atoms with Crippen molar-refractivity contribution >= 4 is 22.6 Å². The molecule has 136 valence electrons. The smallest absolute Gasteiger partial charge is 0.195 e. The number of carbonyl (C=O) groups is 1. The zero-order valence-corrected chi connectivity index (χ0v) is 16.0. The molecule has 0 fully saturated rings. The Hall–Kier alpha value is -3.12. The molecule has 4 aromatic rings. The van der Waals surface area contributed by atoms with Crippen LogP contribution in [-0.2, 0) is 0 Å². The summed E-state index contributed by atoms with van der Waals surface area (Å²) in [6.45, 7) is 2.03. The molecule has 0 spiro atoms. The highest BCUT2D eigenvalue weighted by molar-refractivity contribution is 7.15. The number of carbonyl (C=O) groups excluding carboxylic acids is 1. The molecule has 2 aromatic heterocycles. The Bertz CT molecular complexity index is 1130. The minimum Gasteiger partial charge on any atom is -0.497 e. The molecule has 0 atom stereocenters. The molecule has 0 aliphatic heterocycles. The van der Waals surface area contributed by atoms with Crippen LogP contribution in [0.3, 0.4) is 0 Å². The first-order chi connectivity index (χ1) is 13.2. The maximum Gasteiger partial charge on any atom is 0.195 e. The third-order valence-corrected chi connectivity index (χ3v) is 5.34. The van der Waals surface area contributed by atoms with Gasteiger partial charge in [0, 0.05) is 16.5 Å². The monoisotopic (exact) mass is 378 g/mol. The van der Waals surface area contributed by atoms with Crippen LogP contribution < -0.4 is 9.47 Å². The fourth-order valence-electron chi connectivity index (χ4n) is 3.12. The Balaban J connectivity index is 1.97. The van der Waals surface area contributed by atoms with E-state index in [1.165, 1.54) is 11.3 Å². The van der Waals surface area contributed by atoms with Crippen LogP contribution in [-0.4, -0.2) is 29.9 Å². The van der Waals surface area contributed by atoms with Crippen LogP contribution in [0.2, 0.25) is 0 Å². The van der Waals surface area contributed by atoms with Crippen molar-refractivity contribution in [3.05, 3.63) is 59.1 Å². The molecule has 0 aliphatic carbocycles. The fraction of sp³-hybridized carbons (Fsp3) is 0.143. The summed E-state index contributed by atoms with van der Waals surface area (Å²) in [5.74, 6) is 1.43. The molecule has 0 amide bonds. The number of nitrogens with zero attached hydrogens (tertiary/aromatic N) is 2. The van der Waals surface area contributed by atoms with Crippen molar-refractivity contribution in [1.29, 1.82) is 0 Å². The molecular formula is C21H18N2O3S. The van der Waals surface area contributed by atoms with Gasteiger partial charge >= 0.3 is 0 Å². The maximum absolute atomic E-state index is 12.0. The van der Waals surface area contributed by atoms with E-state index in [1.54, 1.807) is 14.2 Å². The summed E-state index contributed by atoms with van der Waals surface area (Å²) in [6.07, 6.45) is 0.859. The summed E-state index contributed by atoms with van der Waals surface area (Å²) in [5, 5.41) is 1.98. The Morgan fingerprint density at radius 2 is 1.85 bits per heavy atom. The highest BCUT2D eigenvalue weighted by Gasteiger charge is 2.20. The summed E-state index contributed by atoms with van der Waals surface area (Å²) in [7, 11) is 3.25. The minimum absolute atomic E-state index is 0.523. The normalized spacial score (nSPS) is 10.9. The molecule has 0 saturated carbocycles. The van der Waals surface area contributed by atoms with Gasteiger partial charge in [0.15, 0.2) is 11.2 Å². The lowest BCUT2D eigenvalue weighted by molar-refractivity contribution is 0.111. The van der Waals surface area contributed by atoms with E-state index in [0.29, 0.717) is 17.1 Å². The predicted molar refractivity (Wildman–Crippen MR) is 107 cm³/mol. The molecule has 0 saturated heterocycles. The topological polar surface area (TPSA) is 52.8 Å². The third-order valence-electron chi connectivity index (χ3n) is 4.52. The largest absolute Gasteiger partial charge is 0.497 e. The molecule has 2 aromatic carbocycles. The van der Waals surface area contributed by atoms with Gasteiger partial charge in [0.1, 0.15) is 22.9 Å². The number of methoxy groups -OCH3 is 2. The standard InChI is InChI=1S/C21H18N2O3S/c1-13-4-6-14(7-5-13)20-17(11-24)23-18(12-27-21(23)22-20)16-10-15(25-2)8-9-19(16)26-3/h4-12H,1-3H3. The van der Waals surface area contributed by atoms with Crippen molar-refractivity contribution in [2.24, 2.45) is 0 Å². The second kappa shape index (κ2) is 6.89. The van der Waals surface area contributed by atoms with Gasteiger partial charge in [-0.05, 0) is 25.1 Å². The number of aryl methyl sites for hydroxylation is 1. The highest BCUT2D eigenvalue weighted by Crippen LogP contribution is 2.38. The Morgan fingerprint density at radius 1 is 1.07 bits per heavy atom. The summed E-state index contributed by atoms with van der Waals surface area (Å²) in [4.78, 5) is 17.5. The van der Waals surface area contributed by atoms with Gasteiger partial charge in [-0.3, -0.25) is 9.20 Å². The summed E-state index contributed by atoms with van der Waals surface area (Å²) >= 11 is 1.49. The van der Waals surface area contributed by atoms with Gasteiger partial charge in [-0.15, -0.1) is 11.3 Å². The lowest BCUT2D eigenvalue weighted by Gasteiger charge is -2.10. The number of thiazole rings is 1. The number of aldehydes is 1. The van der Waals surface area contributed by atoms with E-state index in [2.05, 4.69) is 0 Å². The molecule has 0 unspecified atom stereocenters. The molecule has 0 bridgehead atoms. The molecule has 0 aliphatic rings. The van der Waals surface area contributed by atoms with Crippen molar-refractivity contribution < 1.29 is 14.3 Å². The van der Waals surface area contributed by atoms with Crippen LogP contribution in [0.25, 0.3) is 27.5 Å². The van der Waals surface area contributed by atoms with Gasteiger partial charge in [-0.2, -0.15) is 0 Å². The molecule has 0 radical (unpaired) electrons. The van der Waals surface area contributed by atoms with Crippen LogP contribution in [0.4, 0.5) is 0 Å². The summed E-state index contributed by atoms with van der Waals surface area (Å²) < 4.78 is 12.8. The number of fused-ring (bicyclic) bond motifs is 1. The molecular weight excluding hydrogens is 360 g/mol. The van der Waals surface area contributed by atoms with Crippen LogP contribution in [0.5, 0.6) is 11.5 Å². The number of aromatic nitrogens is 2. The van der Waals surface area contributed by atoms with Gasteiger partial charge in [-0.25, -0.2) is 4.98 Å². The van der Waals surface area contributed by atoms with Gasteiger partial charge < -0.3 is 9.47 Å². The van der Waals surface area contributed by atoms with Gasteiger partial charge in [0.05, 0.1) is 19.9 Å². The zero-order chi connectivity index (χ0) is 19.0. The van der Waals surface area contributed by atoms with E-state index < -0.39 is 0 Å². The second-order valence-electron chi connectivity index (χ2n) is 6.13. The number of hydrogen-bond acceptors (Lipinski definition) is 5. The molecule has 6 heteroatoms. The highest BCUT2D eigenvalue weighted by atomic mass is 32.1. The maximum atomic E-state index is 12.0. The van der Waals surface area contributed by atoms with Crippen LogP contribution in [0, 0.1) is 6.92 Å². The number of imidazole rings is 1. The van der Waals surface area contributed by atoms with E-state index in [1.807, 2.05) is 59.2 Å². The number of hydrogen-bond donors (Lipinski definition) is 0. The molecule has 5 nitrogen and oxygen atoms in total. The van der Waals surface area contributed by atoms with Crippen molar-refractivity contribution in [2.75, 3.05) is 14.2 Å². The molecule has 4 rings (SSSR count). The van der Waals surface area contributed by atoms with E-state index in [0.717, 1.165) is 39.4 Å². The first kappa shape index (κ1) is 17.3. The van der Waals surface area contributed by atoms with Gasteiger partial charge in [0.2, 0.25) is 0 Å². The molecule has 0 N–H and O–H groups in total. The third kappa shape index (κ3) is 2.88. The first-order valence-electron chi connectivity index (χ1n) is 8.41. The van der Waals surface area contributed by atoms with Crippen LogP contribution >= 0.6 is 11.3 Å². The summed E-state index contributed by atoms with van der Waals surface area (Å²) in [6, 6.07) is 13.6. The second-order valence-corrected chi connectivity index (χ2v) is 6.97. The quantitative estimate of drug-likeness (QED) is 0.465. The fourth-order valence-corrected chi connectivity index (χ4v) is 4.01. The van der Waals surface area contributed by atoms with Crippen LogP contribution in [0.15, 0.2) is 47.8 Å². The van der Waals surface area contributed by atoms with Crippen molar-refractivity contribution in [3.63, 3.8) is 0 Å². The lowest BCUT2D eigenvalue weighted by atomic mass is 10.1. The van der Waals surface area contributed by atoms with Crippen molar-refractivity contribution in [2.45, 2.75) is 6.92 Å². The van der Waals surface area contributed by atoms with Crippen molar-refractivity contribution in [3.8, 4) is 34.0 Å². The van der Waals surface area contributed by atoms with E-state index >= 15 is 0 Å². The average Bonchev–Trinajstić information content (AvgIpc) is 3.27.